The Morgan fingerprint density at radius 1 is 1.11 bits per heavy atom. The van der Waals surface area contributed by atoms with E-state index in [0.717, 1.165) is 70.9 Å². The van der Waals surface area contributed by atoms with Crippen LogP contribution in [-0.2, 0) is 16.1 Å². The van der Waals surface area contributed by atoms with Gasteiger partial charge in [0, 0.05) is 38.4 Å². The summed E-state index contributed by atoms with van der Waals surface area (Å²) in [5.74, 6) is 0.549. The molecule has 7 heteroatoms. The van der Waals surface area contributed by atoms with Gasteiger partial charge in [-0.2, -0.15) is 5.10 Å². The highest BCUT2D eigenvalue weighted by Gasteiger charge is 2.33. The van der Waals surface area contributed by atoms with Gasteiger partial charge in [-0.15, -0.1) is 0 Å². The molecule has 1 atom stereocenters. The average Bonchev–Trinajstić information content (AvgIpc) is 3.18. The van der Waals surface area contributed by atoms with Gasteiger partial charge in [0.05, 0.1) is 31.4 Å². The van der Waals surface area contributed by atoms with Crippen LogP contribution >= 0.6 is 0 Å². The van der Waals surface area contributed by atoms with E-state index in [9.17, 15) is 4.79 Å². The van der Waals surface area contributed by atoms with Crippen molar-refractivity contribution in [3.8, 4) is 0 Å². The third kappa shape index (κ3) is 4.93. The quantitative estimate of drug-likeness (QED) is 0.758. The van der Waals surface area contributed by atoms with Gasteiger partial charge >= 0.3 is 0 Å². The van der Waals surface area contributed by atoms with Crippen molar-refractivity contribution < 1.29 is 9.53 Å². The van der Waals surface area contributed by atoms with E-state index in [1.165, 1.54) is 12.8 Å². The largest absolute Gasteiger partial charge is 0.378 e. The summed E-state index contributed by atoms with van der Waals surface area (Å²) in [6, 6.07) is 2.71. The van der Waals surface area contributed by atoms with E-state index in [1.54, 1.807) is 0 Å². The molecule has 1 unspecified atom stereocenters. The van der Waals surface area contributed by atoms with Gasteiger partial charge in [-0.25, -0.2) is 0 Å². The first-order chi connectivity index (χ1) is 13.7. The van der Waals surface area contributed by atoms with Crippen molar-refractivity contribution in [3.05, 3.63) is 18.0 Å². The minimum Gasteiger partial charge on any atom is -0.378 e. The molecule has 7 nitrogen and oxygen atoms in total. The third-order valence-corrected chi connectivity index (χ3v) is 6.62. The van der Waals surface area contributed by atoms with Crippen LogP contribution in [0.4, 0.5) is 0 Å². The number of rotatable bonds is 5. The molecule has 0 aromatic carbocycles. The smallest absolute Gasteiger partial charge is 0.227 e. The molecule has 3 fully saturated rings. The summed E-state index contributed by atoms with van der Waals surface area (Å²) < 4.78 is 7.45. The van der Waals surface area contributed by atoms with Crippen LogP contribution in [0.2, 0.25) is 0 Å². The van der Waals surface area contributed by atoms with Gasteiger partial charge < -0.3 is 14.5 Å². The van der Waals surface area contributed by atoms with Crippen molar-refractivity contribution in [2.24, 2.45) is 5.92 Å². The number of hydrogen-bond acceptors (Lipinski definition) is 5. The normalized spacial score (nSPS) is 25.9. The lowest BCUT2D eigenvalue weighted by Crippen LogP contribution is -2.52. The summed E-state index contributed by atoms with van der Waals surface area (Å²) in [6.07, 6.45) is 6.71. The molecule has 0 N–H and O–H groups in total. The first kappa shape index (κ1) is 19.9. The number of amides is 1. The van der Waals surface area contributed by atoms with Crippen molar-refractivity contribution in [1.29, 1.82) is 0 Å². The number of aromatic nitrogens is 2. The maximum atomic E-state index is 12.9. The molecular weight excluding hydrogens is 354 g/mol. The molecule has 0 saturated carbocycles. The predicted molar refractivity (Wildman–Crippen MR) is 108 cm³/mol. The van der Waals surface area contributed by atoms with Crippen molar-refractivity contribution in [1.82, 2.24) is 24.5 Å². The molecule has 4 heterocycles. The summed E-state index contributed by atoms with van der Waals surface area (Å²) in [5.41, 5.74) is 1.09. The van der Waals surface area contributed by atoms with Crippen LogP contribution in [0.5, 0.6) is 0 Å². The van der Waals surface area contributed by atoms with Crippen LogP contribution in [0.3, 0.4) is 0 Å². The first-order valence-corrected chi connectivity index (χ1v) is 11.0. The fourth-order valence-corrected chi connectivity index (χ4v) is 4.92. The summed E-state index contributed by atoms with van der Waals surface area (Å²) in [5, 5.41) is 4.48. The molecule has 1 amide bonds. The zero-order valence-electron chi connectivity index (χ0n) is 17.3. The van der Waals surface area contributed by atoms with Gasteiger partial charge in [-0.1, -0.05) is 0 Å². The fourth-order valence-electron chi connectivity index (χ4n) is 4.92. The Labute approximate surface area is 168 Å². The second kappa shape index (κ2) is 9.37. The van der Waals surface area contributed by atoms with Gasteiger partial charge in [0.2, 0.25) is 5.91 Å². The second-order valence-corrected chi connectivity index (χ2v) is 8.56. The number of carbonyl (C=O) groups is 1. The predicted octanol–water partition coefficient (Wildman–Crippen LogP) is 1.23. The lowest BCUT2D eigenvalue weighted by Gasteiger charge is -2.43. The molecule has 0 bridgehead atoms. The van der Waals surface area contributed by atoms with Crippen LogP contribution in [0.25, 0.3) is 0 Å². The molecule has 0 radical (unpaired) electrons. The SMILES string of the molecule is Cc1ccn(CCN2CCC(N3CCCC(C(=O)N4CCOCC4)C3)CC2)n1. The van der Waals surface area contributed by atoms with Crippen LogP contribution in [0.15, 0.2) is 12.3 Å². The summed E-state index contributed by atoms with van der Waals surface area (Å²) >= 11 is 0. The number of carbonyl (C=O) groups excluding carboxylic acids is 1. The average molecular weight is 390 g/mol. The summed E-state index contributed by atoms with van der Waals surface area (Å²) in [6.45, 7) is 11.4. The Bertz CT molecular complexity index is 634. The fraction of sp³-hybridized carbons (Fsp3) is 0.810. The van der Waals surface area contributed by atoms with Gasteiger partial charge in [0.25, 0.3) is 0 Å². The molecule has 1 aromatic heterocycles. The minimum atomic E-state index is 0.188. The van der Waals surface area contributed by atoms with E-state index in [0.29, 0.717) is 25.2 Å². The Hall–Kier alpha value is -1.44. The van der Waals surface area contributed by atoms with Gasteiger partial charge in [0.15, 0.2) is 0 Å². The van der Waals surface area contributed by atoms with Gasteiger partial charge in [-0.3, -0.25) is 14.4 Å². The first-order valence-electron chi connectivity index (χ1n) is 11.0. The molecule has 3 aliphatic heterocycles. The topological polar surface area (TPSA) is 53.8 Å². The molecular formula is C21H35N5O2. The third-order valence-electron chi connectivity index (χ3n) is 6.62. The zero-order valence-corrected chi connectivity index (χ0v) is 17.3. The number of ether oxygens (including phenoxy) is 1. The van der Waals surface area contributed by atoms with Gasteiger partial charge in [-0.05, 0) is 58.3 Å². The Morgan fingerprint density at radius 3 is 2.61 bits per heavy atom. The second-order valence-electron chi connectivity index (χ2n) is 8.56. The molecule has 156 valence electrons. The van der Waals surface area contributed by atoms with Crippen LogP contribution < -0.4 is 0 Å². The maximum Gasteiger partial charge on any atom is 0.227 e. The van der Waals surface area contributed by atoms with Crippen LogP contribution in [-0.4, -0.2) is 95.5 Å². The molecule has 0 aliphatic carbocycles. The highest BCUT2D eigenvalue weighted by Crippen LogP contribution is 2.25. The van der Waals surface area contributed by atoms with Crippen molar-refractivity contribution >= 4 is 5.91 Å². The number of morpholine rings is 1. The van der Waals surface area contributed by atoms with Crippen molar-refractivity contribution in [2.45, 2.75) is 45.2 Å². The van der Waals surface area contributed by atoms with E-state index in [1.807, 2.05) is 16.5 Å². The van der Waals surface area contributed by atoms with Crippen molar-refractivity contribution in [3.63, 3.8) is 0 Å². The number of likely N-dealkylation sites (tertiary alicyclic amines) is 2. The maximum absolute atomic E-state index is 12.9. The number of hydrogen-bond donors (Lipinski definition) is 0. The van der Waals surface area contributed by atoms with E-state index < -0.39 is 0 Å². The van der Waals surface area contributed by atoms with Gasteiger partial charge in [0.1, 0.15) is 0 Å². The Kier molecular flexibility index (Phi) is 6.65. The highest BCUT2D eigenvalue weighted by atomic mass is 16.5. The number of piperidine rings is 2. The molecule has 4 rings (SSSR count). The zero-order chi connectivity index (χ0) is 19.3. The Balaban J connectivity index is 1.22. The molecule has 3 saturated heterocycles. The monoisotopic (exact) mass is 389 g/mol. The highest BCUT2D eigenvalue weighted by molar-refractivity contribution is 5.79. The Morgan fingerprint density at radius 2 is 1.89 bits per heavy atom. The number of nitrogens with zero attached hydrogens (tertiary/aromatic N) is 5. The minimum absolute atomic E-state index is 0.188. The summed E-state index contributed by atoms with van der Waals surface area (Å²) in [7, 11) is 0. The number of aryl methyl sites for hydroxylation is 1. The molecule has 28 heavy (non-hydrogen) atoms. The van der Waals surface area contributed by atoms with Crippen LogP contribution in [0, 0.1) is 12.8 Å². The van der Waals surface area contributed by atoms with E-state index in [-0.39, 0.29) is 5.92 Å². The van der Waals surface area contributed by atoms with Crippen molar-refractivity contribution in [2.75, 3.05) is 59.0 Å². The summed E-state index contributed by atoms with van der Waals surface area (Å²) in [4.78, 5) is 20.1. The van der Waals surface area contributed by atoms with E-state index in [4.69, 9.17) is 4.74 Å². The standard InChI is InChI=1S/C21H35N5O2/c1-18-4-10-26(22-18)12-11-23-8-5-20(6-9-23)25-7-2-3-19(17-25)21(27)24-13-15-28-16-14-24/h4,10,19-20H,2-3,5-9,11-17H2,1H3. The molecule has 1 aromatic rings. The lowest BCUT2D eigenvalue weighted by molar-refractivity contribution is -0.142. The lowest BCUT2D eigenvalue weighted by atomic mass is 9.92. The molecule has 0 spiro atoms. The van der Waals surface area contributed by atoms with E-state index >= 15 is 0 Å². The van der Waals surface area contributed by atoms with Crippen LogP contribution in [0.1, 0.15) is 31.4 Å². The van der Waals surface area contributed by atoms with E-state index in [2.05, 4.69) is 27.2 Å². The molecule has 3 aliphatic rings.